The van der Waals surface area contributed by atoms with Crippen molar-refractivity contribution in [1.82, 2.24) is 4.98 Å². The first-order chi connectivity index (χ1) is 7.25. The SMILES string of the molecule is Cc1cnc(COc2ccccc2Cl)o1. The summed E-state index contributed by atoms with van der Waals surface area (Å²) in [6.07, 6.45) is 1.66. The molecule has 2 aromatic rings. The van der Waals surface area contributed by atoms with Crippen molar-refractivity contribution in [1.29, 1.82) is 0 Å². The van der Waals surface area contributed by atoms with Crippen LogP contribution in [0.5, 0.6) is 5.75 Å². The molecule has 0 saturated carbocycles. The van der Waals surface area contributed by atoms with E-state index in [4.69, 9.17) is 20.8 Å². The molecule has 4 heteroatoms. The average Bonchev–Trinajstić information content (AvgIpc) is 2.63. The predicted molar refractivity (Wildman–Crippen MR) is 57.0 cm³/mol. The number of rotatable bonds is 3. The van der Waals surface area contributed by atoms with E-state index in [1.807, 2.05) is 19.1 Å². The molecule has 0 bridgehead atoms. The lowest BCUT2D eigenvalue weighted by Crippen LogP contribution is -1.95. The third-order valence-electron chi connectivity index (χ3n) is 1.86. The van der Waals surface area contributed by atoms with Crippen molar-refractivity contribution in [3.8, 4) is 5.75 Å². The number of aryl methyl sites for hydroxylation is 1. The molecule has 0 saturated heterocycles. The molecule has 0 radical (unpaired) electrons. The van der Waals surface area contributed by atoms with Crippen molar-refractivity contribution >= 4 is 11.6 Å². The molecular weight excluding hydrogens is 214 g/mol. The van der Waals surface area contributed by atoms with Crippen molar-refractivity contribution in [3.05, 3.63) is 47.1 Å². The largest absolute Gasteiger partial charge is 0.482 e. The van der Waals surface area contributed by atoms with Gasteiger partial charge in [0.25, 0.3) is 0 Å². The zero-order valence-corrected chi connectivity index (χ0v) is 8.99. The summed E-state index contributed by atoms with van der Waals surface area (Å²) in [5.41, 5.74) is 0. The van der Waals surface area contributed by atoms with Gasteiger partial charge in [-0.2, -0.15) is 0 Å². The molecule has 1 aromatic heterocycles. The first kappa shape index (κ1) is 10.1. The molecule has 1 heterocycles. The Balaban J connectivity index is 2.02. The molecule has 0 N–H and O–H groups in total. The average molecular weight is 224 g/mol. The van der Waals surface area contributed by atoms with Crippen LogP contribution in [0.25, 0.3) is 0 Å². The molecule has 78 valence electrons. The van der Waals surface area contributed by atoms with Crippen LogP contribution in [-0.2, 0) is 6.61 Å². The molecule has 0 aliphatic heterocycles. The number of halogens is 1. The van der Waals surface area contributed by atoms with E-state index in [2.05, 4.69) is 4.98 Å². The minimum absolute atomic E-state index is 0.289. The fourth-order valence-corrected chi connectivity index (χ4v) is 1.36. The van der Waals surface area contributed by atoms with E-state index in [-0.39, 0.29) is 6.61 Å². The summed E-state index contributed by atoms with van der Waals surface area (Å²) < 4.78 is 10.7. The second kappa shape index (κ2) is 4.36. The van der Waals surface area contributed by atoms with Crippen molar-refractivity contribution < 1.29 is 9.15 Å². The van der Waals surface area contributed by atoms with Gasteiger partial charge in [-0.15, -0.1) is 0 Å². The van der Waals surface area contributed by atoms with Gasteiger partial charge in [-0.3, -0.25) is 0 Å². The molecule has 0 aliphatic carbocycles. The molecule has 1 aromatic carbocycles. The molecule has 15 heavy (non-hydrogen) atoms. The van der Waals surface area contributed by atoms with E-state index in [1.165, 1.54) is 0 Å². The molecule has 0 amide bonds. The first-order valence-corrected chi connectivity index (χ1v) is 4.92. The summed E-state index contributed by atoms with van der Waals surface area (Å²) in [6.45, 7) is 2.13. The lowest BCUT2D eigenvalue weighted by molar-refractivity contribution is 0.260. The van der Waals surface area contributed by atoms with Crippen LogP contribution >= 0.6 is 11.6 Å². The van der Waals surface area contributed by atoms with E-state index in [9.17, 15) is 0 Å². The zero-order valence-electron chi connectivity index (χ0n) is 8.24. The minimum Gasteiger partial charge on any atom is -0.482 e. The van der Waals surface area contributed by atoms with Gasteiger partial charge in [0, 0.05) is 0 Å². The van der Waals surface area contributed by atoms with Gasteiger partial charge in [-0.05, 0) is 19.1 Å². The highest BCUT2D eigenvalue weighted by Gasteiger charge is 2.03. The van der Waals surface area contributed by atoms with Crippen molar-refractivity contribution in [3.63, 3.8) is 0 Å². The summed E-state index contributed by atoms with van der Waals surface area (Å²) in [6, 6.07) is 7.29. The van der Waals surface area contributed by atoms with Crippen LogP contribution in [0.4, 0.5) is 0 Å². The molecule has 2 rings (SSSR count). The lowest BCUT2D eigenvalue weighted by Gasteiger charge is -2.04. The van der Waals surface area contributed by atoms with Crippen LogP contribution in [0.2, 0.25) is 5.02 Å². The second-order valence-corrected chi connectivity index (χ2v) is 3.49. The fraction of sp³-hybridized carbons (Fsp3) is 0.182. The Kier molecular flexibility index (Phi) is 2.92. The van der Waals surface area contributed by atoms with Crippen LogP contribution in [0.15, 0.2) is 34.9 Å². The van der Waals surface area contributed by atoms with E-state index in [0.29, 0.717) is 16.7 Å². The highest BCUT2D eigenvalue weighted by molar-refractivity contribution is 6.32. The van der Waals surface area contributed by atoms with Gasteiger partial charge in [0.1, 0.15) is 11.5 Å². The summed E-state index contributed by atoms with van der Waals surface area (Å²) in [5, 5.41) is 0.584. The van der Waals surface area contributed by atoms with Crippen LogP contribution in [0.3, 0.4) is 0 Å². The van der Waals surface area contributed by atoms with Crippen molar-refractivity contribution in [2.24, 2.45) is 0 Å². The number of hydrogen-bond donors (Lipinski definition) is 0. The van der Waals surface area contributed by atoms with Gasteiger partial charge in [-0.1, -0.05) is 23.7 Å². The summed E-state index contributed by atoms with van der Waals surface area (Å²) in [7, 11) is 0. The summed E-state index contributed by atoms with van der Waals surface area (Å²) in [5.74, 6) is 1.95. The van der Waals surface area contributed by atoms with Gasteiger partial charge in [0.15, 0.2) is 6.61 Å². The zero-order chi connectivity index (χ0) is 10.7. The molecule has 0 unspecified atom stereocenters. The fourth-order valence-electron chi connectivity index (χ4n) is 1.17. The Labute approximate surface area is 92.6 Å². The monoisotopic (exact) mass is 223 g/mol. The normalized spacial score (nSPS) is 10.3. The lowest BCUT2D eigenvalue weighted by atomic mass is 10.3. The van der Waals surface area contributed by atoms with Crippen LogP contribution in [0, 0.1) is 6.92 Å². The highest BCUT2D eigenvalue weighted by atomic mass is 35.5. The molecule has 0 aliphatic rings. The number of para-hydroxylation sites is 1. The Morgan fingerprint density at radius 1 is 1.40 bits per heavy atom. The Morgan fingerprint density at radius 3 is 2.87 bits per heavy atom. The van der Waals surface area contributed by atoms with Crippen LogP contribution in [-0.4, -0.2) is 4.98 Å². The first-order valence-electron chi connectivity index (χ1n) is 4.54. The quantitative estimate of drug-likeness (QED) is 0.802. The molecule has 3 nitrogen and oxygen atoms in total. The number of nitrogens with zero attached hydrogens (tertiary/aromatic N) is 1. The van der Waals surface area contributed by atoms with Crippen molar-refractivity contribution in [2.75, 3.05) is 0 Å². The third-order valence-corrected chi connectivity index (χ3v) is 2.17. The molecular formula is C11H10ClNO2. The smallest absolute Gasteiger partial charge is 0.232 e. The Bertz CT molecular complexity index is 453. The predicted octanol–water partition coefficient (Wildman–Crippen LogP) is 3.22. The second-order valence-electron chi connectivity index (χ2n) is 3.08. The van der Waals surface area contributed by atoms with Gasteiger partial charge >= 0.3 is 0 Å². The minimum atomic E-state index is 0.289. The van der Waals surface area contributed by atoms with Crippen LogP contribution in [0.1, 0.15) is 11.7 Å². The van der Waals surface area contributed by atoms with Gasteiger partial charge in [0.2, 0.25) is 5.89 Å². The van der Waals surface area contributed by atoms with E-state index in [0.717, 1.165) is 5.76 Å². The Hall–Kier alpha value is -1.48. The maximum atomic E-state index is 5.92. The number of oxazole rings is 1. The maximum absolute atomic E-state index is 5.92. The molecule has 0 fully saturated rings. The van der Waals surface area contributed by atoms with Crippen LogP contribution < -0.4 is 4.74 Å². The van der Waals surface area contributed by atoms with E-state index >= 15 is 0 Å². The number of aromatic nitrogens is 1. The topological polar surface area (TPSA) is 35.3 Å². The van der Waals surface area contributed by atoms with Gasteiger partial charge in [-0.25, -0.2) is 4.98 Å². The van der Waals surface area contributed by atoms with Gasteiger partial charge < -0.3 is 9.15 Å². The molecule has 0 spiro atoms. The number of benzene rings is 1. The standard InChI is InChI=1S/C11H10ClNO2/c1-8-6-13-11(15-8)7-14-10-5-3-2-4-9(10)12/h2-6H,7H2,1H3. The summed E-state index contributed by atoms with van der Waals surface area (Å²) >= 11 is 5.92. The van der Waals surface area contributed by atoms with Crippen molar-refractivity contribution in [2.45, 2.75) is 13.5 Å². The molecule has 0 atom stereocenters. The number of hydrogen-bond acceptors (Lipinski definition) is 3. The summed E-state index contributed by atoms with van der Waals surface area (Å²) in [4.78, 5) is 4.03. The highest BCUT2D eigenvalue weighted by Crippen LogP contribution is 2.23. The van der Waals surface area contributed by atoms with Gasteiger partial charge in [0.05, 0.1) is 11.2 Å². The third kappa shape index (κ3) is 2.50. The Morgan fingerprint density at radius 2 is 2.20 bits per heavy atom. The van der Waals surface area contributed by atoms with E-state index in [1.54, 1.807) is 18.3 Å². The van der Waals surface area contributed by atoms with E-state index < -0.39 is 0 Å². The maximum Gasteiger partial charge on any atom is 0.232 e. The number of ether oxygens (including phenoxy) is 1.